The molecule has 0 saturated carbocycles. The molecule has 0 atom stereocenters. The molecule has 0 bridgehead atoms. The molecular formula is C18H16N2. The maximum atomic E-state index is 4.43. The highest BCUT2D eigenvalue weighted by Gasteiger charge is 2.11. The Labute approximate surface area is 119 Å². The number of allylic oxidation sites excluding steroid dienone is 2. The zero-order valence-electron chi connectivity index (χ0n) is 11.4. The van der Waals surface area contributed by atoms with Crippen LogP contribution in [0.3, 0.4) is 0 Å². The first-order valence-corrected chi connectivity index (χ1v) is 6.65. The smallest absolute Gasteiger partial charge is 0.0629 e. The summed E-state index contributed by atoms with van der Waals surface area (Å²) in [4.78, 5) is 6.60. The Balaban J connectivity index is 1.83. The van der Waals surface area contributed by atoms with Crippen molar-refractivity contribution in [1.82, 2.24) is 0 Å². The maximum Gasteiger partial charge on any atom is 0.0629 e. The lowest BCUT2D eigenvalue weighted by atomic mass is 10.1. The van der Waals surface area contributed by atoms with Crippen LogP contribution in [0.4, 0.5) is 11.4 Å². The number of fused-ring (bicyclic) bond motifs is 1. The van der Waals surface area contributed by atoms with Crippen molar-refractivity contribution in [2.75, 3.05) is 11.9 Å². The minimum atomic E-state index is 0.965. The van der Waals surface area contributed by atoms with E-state index in [0.29, 0.717) is 0 Å². The molecule has 2 heteroatoms. The summed E-state index contributed by atoms with van der Waals surface area (Å²) in [5, 5.41) is 0. The van der Waals surface area contributed by atoms with Gasteiger partial charge in [-0.05, 0) is 35.9 Å². The molecule has 0 saturated heterocycles. The van der Waals surface area contributed by atoms with Crippen LogP contribution in [0.15, 0.2) is 77.4 Å². The van der Waals surface area contributed by atoms with Crippen LogP contribution < -0.4 is 4.90 Å². The van der Waals surface area contributed by atoms with E-state index in [9.17, 15) is 0 Å². The van der Waals surface area contributed by atoms with Gasteiger partial charge in [-0.2, -0.15) is 0 Å². The van der Waals surface area contributed by atoms with E-state index < -0.39 is 0 Å². The van der Waals surface area contributed by atoms with Crippen LogP contribution in [0.2, 0.25) is 0 Å². The van der Waals surface area contributed by atoms with Crippen LogP contribution in [0.5, 0.6) is 0 Å². The van der Waals surface area contributed by atoms with Crippen molar-refractivity contribution in [2.24, 2.45) is 4.99 Å². The monoisotopic (exact) mass is 260 g/mol. The molecule has 98 valence electrons. The van der Waals surface area contributed by atoms with Gasteiger partial charge in [-0.15, -0.1) is 0 Å². The second-order valence-corrected chi connectivity index (χ2v) is 4.66. The molecular weight excluding hydrogens is 244 g/mol. The molecule has 2 aromatic carbocycles. The van der Waals surface area contributed by atoms with Crippen molar-refractivity contribution in [3.63, 3.8) is 0 Å². The van der Waals surface area contributed by atoms with Crippen molar-refractivity contribution in [1.29, 1.82) is 0 Å². The normalized spacial score (nSPS) is 15.8. The van der Waals surface area contributed by atoms with Crippen LogP contribution in [-0.4, -0.2) is 13.3 Å². The van der Waals surface area contributed by atoms with Crippen molar-refractivity contribution in [2.45, 2.75) is 0 Å². The Bertz CT molecular complexity index is 682. The summed E-state index contributed by atoms with van der Waals surface area (Å²) in [6, 6.07) is 18.3. The van der Waals surface area contributed by atoms with Gasteiger partial charge in [-0.25, -0.2) is 0 Å². The number of hydrogen-bond acceptors (Lipinski definition) is 2. The molecule has 3 rings (SSSR count). The minimum absolute atomic E-state index is 0.965. The predicted octanol–water partition coefficient (Wildman–Crippen LogP) is 4.44. The lowest BCUT2D eigenvalue weighted by molar-refractivity contribution is 1.13. The number of nitrogens with zero attached hydrogens (tertiary/aromatic N) is 2. The molecule has 0 fully saturated rings. The second kappa shape index (κ2) is 5.57. The third-order valence-corrected chi connectivity index (χ3v) is 3.34. The summed E-state index contributed by atoms with van der Waals surface area (Å²) in [7, 11) is 2.07. The molecule has 0 radical (unpaired) electrons. The van der Waals surface area contributed by atoms with E-state index in [4.69, 9.17) is 0 Å². The molecule has 2 aromatic rings. The van der Waals surface area contributed by atoms with Gasteiger partial charge in [0, 0.05) is 24.6 Å². The zero-order chi connectivity index (χ0) is 13.8. The summed E-state index contributed by atoms with van der Waals surface area (Å²) < 4.78 is 0. The number of aliphatic imine (C=N–C) groups is 1. The van der Waals surface area contributed by atoms with Gasteiger partial charge in [-0.3, -0.25) is 4.99 Å². The van der Waals surface area contributed by atoms with Gasteiger partial charge in [0.25, 0.3) is 0 Å². The van der Waals surface area contributed by atoms with E-state index in [-0.39, 0.29) is 0 Å². The Morgan fingerprint density at radius 1 is 0.900 bits per heavy atom. The van der Waals surface area contributed by atoms with Gasteiger partial charge in [0.15, 0.2) is 0 Å². The van der Waals surface area contributed by atoms with E-state index in [1.54, 1.807) is 0 Å². The molecule has 2 nitrogen and oxygen atoms in total. The summed E-state index contributed by atoms with van der Waals surface area (Å²) >= 11 is 0. The Morgan fingerprint density at radius 2 is 1.65 bits per heavy atom. The average molecular weight is 260 g/mol. The molecule has 0 N–H and O–H groups in total. The van der Waals surface area contributed by atoms with Gasteiger partial charge in [-0.1, -0.05) is 42.5 Å². The Morgan fingerprint density at radius 3 is 2.50 bits per heavy atom. The molecule has 0 aliphatic carbocycles. The standard InChI is InChI=1S/C18H16N2/c1-20-17(12-11-15-7-5-6-10-18(15)20)13-14-19-16-8-3-2-4-9-16/h2-14H,1H3/b17-13+,19-14?. The fourth-order valence-corrected chi connectivity index (χ4v) is 2.24. The van der Waals surface area contributed by atoms with Crippen molar-refractivity contribution >= 4 is 23.7 Å². The summed E-state index contributed by atoms with van der Waals surface area (Å²) in [5.74, 6) is 0. The lowest BCUT2D eigenvalue weighted by Crippen LogP contribution is -2.18. The highest BCUT2D eigenvalue weighted by atomic mass is 15.1. The van der Waals surface area contributed by atoms with Crippen molar-refractivity contribution in [3.8, 4) is 0 Å². The van der Waals surface area contributed by atoms with Crippen LogP contribution in [0.25, 0.3) is 6.08 Å². The topological polar surface area (TPSA) is 15.6 Å². The fourth-order valence-electron chi connectivity index (χ4n) is 2.24. The van der Waals surface area contributed by atoms with E-state index in [1.807, 2.05) is 42.6 Å². The van der Waals surface area contributed by atoms with Crippen LogP contribution >= 0.6 is 0 Å². The maximum absolute atomic E-state index is 4.43. The first-order chi connectivity index (χ1) is 9.84. The number of rotatable bonds is 2. The van der Waals surface area contributed by atoms with Crippen molar-refractivity contribution in [3.05, 3.63) is 78.0 Å². The van der Waals surface area contributed by atoms with Crippen LogP contribution in [-0.2, 0) is 0 Å². The summed E-state index contributed by atoms with van der Waals surface area (Å²) in [6.45, 7) is 0. The third-order valence-electron chi connectivity index (χ3n) is 3.34. The molecule has 20 heavy (non-hydrogen) atoms. The highest BCUT2D eigenvalue weighted by molar-refractivity contribution is 5.82. The first-order valence-electron chi connectivity index (χ1n) is 6.65. The zero-order valence-corrected chi connectivity index (χ0v) is 11.4. The Hall–Kier alpha value is -2.61. The molecule has 1 aliphatic rings. The predicted molar refractivity (Wildman–Crippen MR) is 86.6 cm³/mol. The Kier molecular flexibility index (Phi) is 3.46. The lowest BCUT2D eigenvalue weighted by Gasteiger charge is -2.25. The van der Waals surface area contributed by atoms with Gasteiger partial charge >= 0.3 is 0 Å². The number of likely N-dealkylation sites (N-methyl/N-ethyl adjacent to an activating group) is 1. The van der Waals surface area contributed by atoms with E-state index in [1.165, 1.54) is 11.3 Å². The molecule has 1 aliphatic heterocycles. The van der Waals surface area contributed by atoms with Crippen LogP contribution in [0, 0.1) is 0 Å². The van der Waals surface area contributed by atoms with Gasteiger partial charge < -0.3 is 4.90 Å². The number of anilines is 1. The summed E-state index contributed by atoms with van der Waals surface area (Å²) in [5.41, 5.74) is 4.55. The molecule has 0 unspecified atom stereocenters. The molecule has 0 amide bonds. The van der Waals surface area contributed by atoms with Crippen LogP contribution in [0.1, 0.15) is 5.56 Å². The minimum Gasteiger partial charge on any atom is -0.344 e. The SMILES string of the molecule is CN1/C(=C/C=Nc2ccccc2)C=Cc2ccccc21. The summed E-state index contributed by atoms with van der Waals surface area (Å²) in [6.07, 6.45) is 8.12. The second-order valence-electron chi connectivity index (χ2n) is 4.66. The number of hydrogen-bond donors (Lipinski definition) is 0. The third kappa shape index (κ3) is 2.54. The van der Waals surface area contributed by atoms with E-state index in [0.717, 1.165) is 11.4 Å². The quantitative estimate of drug-likeness (QED) is 0.729. The first kappa shape index (κ1) is 12.4. The van der Waals surface area contributed by atoms with Gasteiger partial charge in [0.1, 0.15) is 0 Å². The average Bonchev–Trinajstić information content (AvgIpc) is 2.51. The fraction of sp³-hybridized carbons (Fsp3) is 0.0556. The van der Waals surface area contributed by atoms with E-state index >= 15 is 0 Å². The van der Waals surface area contributed by atoms with Crippen molar-refractivity contribution < 1.29 is 0 Å². The number of para-hydroxylation sites is 2. The highest BCUT2D eigenvalue weighted by Crippen LogP contribution is 2.28. The molecule has 0 aromatic heterocycles. The molecule has 1 heterocycles. The van der Waals surface area contributed by atoms with E-state index in [2.05, 4.69) is 53.4 Å². The molecule has 0 spiro atoms. The number of benzene rings is 2. The van der Waals surface area contributed by atoms with Gasteiger partial charge in [0.05, 0.1) is 5.69 Å². The van der Waals surface area contributed by atoms with Gasteiger partial charge in [0.2, 0.25) is 0 Å². The largest absolute Gasteiger partial charge is 0.344 e.